The highest BCUT2D eigenvalue weighted by Gasteiger charge is 2.28. The van der Waals surface area contributed by atoms with Gasteiger partial charge in [0.15, 0.2) is 0 Å². The molecule has 6 heteroatoms. The van der Waals surface area contributed by atoms with E-state index in [1.165, 1.54) is 6.42 Å². The normalized spacial score (nSPS) is 27.0. The van der Waals surface area contributed by atoms with Crippen molar-refractivity contribution in [2.45, 2.75) is 43.3 Å². The molecular weight excluding hydrogens is 239 g/mol. The minimum Gasteiger partial charge on any atom is -0.312 e. The van der Waals surface area contributed by atoms with Crippen molar-refractivity contribution >= 4 is 11.8 Å². The molecule has 1 aliphatic rings. The molecule has 1 rings (SSSR count). The van der Waals surface area contributed by atoms with Gasteiger partial charge in [-0.15, -0.1) is 13.2 Å². The lowest BCUT2D eigenvalue weighted by Gasteiger charge is -2.28. The van der Waals surface area contributed by atoms with Gasteiger partial charge in [-0.1, -0.05) is 6.42 Å². The van der Waals surface area contributed by atoms with E-state index >= 15 is 0 Å². The second-order valence-electron chi connectivity index (χ2n) is 3.97. The Labute approximate surface area is 98.3 Å². The Morgan fingerprint density at radius 1 is 1.38 bits per heavy atom. The van der Waals surface area contributed by atoms with Crippen molar-refractivity contribution in [2.24, 2.45) is 0 Å². The van der Waals surface area contributed by atoms with Crippen molar-refractivity contribution in [3.05, 3.63) is 0 Å². The number of thioether (sulfide) groups is 1. The van der Waals surface area contributed by atoms with Gasteiger partial charge in [-0.25, -0.2) is 0 Å². The van der Waals surface area contributed by atoms with Crippen molar-refractivity contribution in [2.75, 3.05) is 19.4 Å². The number of hydrogen-bond acceptors (Lipinski definition) is 3. The van der Waals surface area contributed by atoms with Crippen LogP contribution in [0.4, 0.5) is 13.2 Å². The lowest BCUT2D eigenvalue weighted by Crippen LogP contribution is -2.37. The summed E-state index contributed by atoms with van der Waals surface area (Å²) in [7, 11) is 0. The third kappa shape index (κ3) is 5.96. The number of halogens is 3. The molecule has 0 saturated heterocycles. The number of rotatable bonds is 5. The van der Waals surface area contributed by atoms with Crippen molar-refractivity contribution in [3.8, 4) is 0 Å². The SMILES string of the molecule is CSC1CCCC(NCCOC(F)(F)F)C1. The topological polar surface area (TPSA) is 21.3 Å². The van der Waals surface area contributed by atoms with E-state index in [9.17, 15) is 13.2 Å². The summed E-state index contributed by atoms with van der Waals surface area (Å²) < 4.78 is 38.8. The van der Waals surface area contributed by atoms with Crippen LogP contribution >= 0.6 is 11.8 Å². The number of alkyl halides is 3. The monoisotopic (exact) mass is 257 g/mol. The van der Waals surface area contributed by atoms with Gasteiger partial charge in [0, 0.05) is 17.8 Å². The van der Waals surface area contributed by atoms with Crippen LogP contribution in [-0.2, 0) is 4.74 Å². The largest absolute Gasteiger partial charge is 0.522 e. The zero-order chi connectivity index (χ0) is 12.0. The molecule has 2 nitrogen and oxygen atoms in total. The van der Waals surface area contributed by atoms with E-state index in [1.807, 2.05) is 11.8 Å². The minimum absolute atomic E-state index is 0.269. The van der Waals surface area contributed by atoms with Crippen LogP contribution in [0.5, 0.6) is 0 Å². The van der Waals surface area contributed by atoms with E-state index in [0.717, 1.165) is 19.3 Å². The number of nitrogens with one attached hydrogen (secondary N) is 1. The molecule has 1 aliphatic carbocycles. The lowest BCUT2D eigenvalue weighted by atomic mass is 9.95. The van der Waals surface area contributed by atoms with Crippen LogP contribution in [0.1, 0.15) is 25.7 Å². The first-order valence-electron chi connectivity index (χ1n) is 5.48. The highest BCUT2D eigenvalue weighted by molar-refractivity contribution is 7.99. The van der Waals surface area contributed by atoms with Crippen LogP contribution in [-0.4, -0.2) is 37.1 Å². The van der Waals surface area contributed by atoms with Crippen LogP contribution in [0.3, 0.4) is 0 Å². The zero-order valence-corrected chi connectivity index (χ0v) is 10.2. The van der Waals surface area contributed by atoms with Gasteiger partial charge in [0.1, 0.15) is 0 Å². The molecule has 2 atom stereocenters. The summed E-state index contributed by atoms with van der Waals surface area (Å²) in [5.41, 5.74) is 0. The fourth-order valence-electron chi connectivity index (χ4n) is 1.97. The first-order valence-corrected chi connectivity index (χ1v) is 6.77. The van der Waals surface area contributed by atoms with Gasteiger partial charge in [-0.3, -0.25) is 4.74 Å². The highest BCUT2D eigenvalue weighted by atomic mass is 32.2. The average Bonchev–Trinajstić information content (AvgIpc) is 2.23. The van der Waals surface area contributed by atoms with Gasteiger partial charge in [-0.05, 0) is 25.5 Å². The van der Waals surface area contributed by atoms with Gasteiger partial charge >= 0.3 is 6.36 Å². The van der Waals surface area contributed by atoms with Gasteiger partial charge in [0.05, 0.1) is 6.61 Å². The standard InChI is InChI=1S/C10H18F3NOS/c1-16-9-4-2-3-8(7-9)14-5-6-15-10(11,12)13/h8-9,14H,2-7H2,1H3. The van der Waals surface area contributed by atoms with Gasteiger partial charge in [0.2, 0.25) is 0 Å². The first kappa shape index (κ1) is 14.1. The summed E-state index contributed by atoms with van der Waals surface area (Å²) in [5, 5.41) is 3.77. The summed E-state index contributed by atoms with van der Waals surface area (Å²) in [6.45, 7) is -0.0325. The Kier molecular flexibility index (Phi) is 5.92. The Balaban J connectivity index is 2.08. The molecule has 1 N–H and O–H groups in total. The summed E-state index contributed by atoms with van der Waals surface area (Å²) in [5.74, 6) is 0. The summed E-state index contributed by atoms with van der Waals surface area (Å²) in [4.78, 5) is 0. The van der Waals surface area contributed by atoms with Crippen molar-refractivity contribution in [3.63, 3.8) is 0 Å². The van der Waals surface area contributed by atoms with Gasteiger partial charge in [0.25, 0.3) is 0 Å². The molecule has 0 heterocycles. The van der Waals surface area contributed by atoms with Gasteiger partial charge < -0.3 is 5.32 Å². The smallest absolute Gasteiger partial charge is 0.312 e. The molecule has 0 spiro atoms. The molecule has 2 unspecified atom stereocenters. The Morgan fingerprint density at radius 3 is 2.75 bits per heavy atom. The third-order valence-electron chi connectivity index (χ3n) is 2.76. The van der Waals surface area contributed by atoms with E-state index in [0.29, 0.717) is 11.3 Å². The Bertz CT molecular complexity index is 201. The molecule has 0 radical (unpaired) electrons. The molecule has 0 bridgehead atoms. The molecule has 1 saturated carbocycles. The highest BCUT2D eigenvalue weighted by Crippen LogP contribution is 2.26. The third-order valence-corrected chi connectivity index (χ3v) is 3.86. The molecule has 1 fully saturated rings. The fraction of sp³-hybridized carbons (Fsp3) is 1.00. The first-order chi connectivity index (χ1) is 7.51. The van der Waals surface area contributed by atoms with Crippen LogP contribution in [0.25, 0.3) is 0 Å². The molecular formula is C10H18F3NOS. The van der Waals surface area contributed by atoms with Gasteiger partial charge in [-0.2, -0.15) is 11.8 Å². The zero-order valence-electron chi connectivity index (χ0n) is 9.35. The number of hydrogen-bond donors (Lipinski definition) is 1. The Morgan fingerprint density at radius 2 is 2.12 bits per heavy atom. The quantitative estimate of drug-likeness (QED) is 0.765. The maximum absolute atomic E-state index is 11.7. The van der Waals surface area contributed by atoms with E-state index < -0.39 is 6.36 Å². The van der Waals surface area contributed by atoms with E-state index in [1.54, 1.807) is 0 Å². The molecule has 96 valence electrons. The molecule has 0 aliphatic heterocycles. The molecule has 0 aromatic rings. The fourth-order valence-corrected chi connectivity index (χ4v) is 2.80. The van der Waals surface area contributed by atoms with Crippen molar-refractivity contribution in [1.82, 2.24) is 5.32 Å². The van der Waals surface area contributed by atoms with Crippen LogP contribution in [0, 0.1) is 0 Å². The van der Waals surface area contributed by atoms with E-state index in [2.05, 4.69) is 16.3 Å². The minimum atomic E-state index is -4.50. The second kappa shape index (κ2) is 6.71. The molecule has 0 aromatic carbocycles. The van der Waals surface area contributed by atoms with Crippen molar-refractivity contribution in [1.29, 1.82) is 0 Å². The summed E-state index contributed by atoms with van der Waals surface area (Å²) >= 11 is 1.84. The number of ether oxygens (including phenoxy) is 1. The Hall–Kier alpha value is 0.0600. The molecule has 0 aromatic heterocycles. The maximum atomic E-state index is 11.7. The molecule has 16 heavy (non-hydrogen) atoms. The second-order valence-corrected chi connectivity index (χ2v) is 5.11. The average molecular weight is 257 g/mol. The molecule has 0 amide bonds. The van der Waals surface area contributed by atoms with E-state index in [-0.39, 0.29) is 13.2 Å². The lowest BCUT2D eigenvalue weighted by molar-refractivity contribution is -0.323. The van der Waals surface area contributed by atoms with Crippen LogP contribution in [0.15, 0.2) is 0 Å². The summed E-state index contributed by atoms with van der Waals surface area (Å²) in [6, 6.07) is 0.350. The maximum Gasteiger partial charge on any atom is 0.522 e. The summed E-state index contributed by atoms with van der Waals surface area (Å²) in [6.07, 6.45) is 2.06. The van der Waals surface area contributed by atoms with Crippen LogP contribution < -0.4 is 5.32 Å². The van der Waals surface area contributed by atoms with Crippen molar-refractivity contribution < 1.29 is 17.9 Å². The van der Waals surface area contributed by atoms with Crippen LogP contribution in [0.2, 0.25) is 0 Å². The predicted octanol–water partition coefficient (Wildman–Crippen LogP) is 2.79. The van der Waals surface area contributed by atoms with E-state index in [4.69, 9.17) is 0 Å². The predicted molar refractivity (Wildman–Crippen MR) is 59.6 cm³/mol.